The van der Waals surface area contributed by atoms with Crippen LogP contribution in [0.1, 0.15) is 18.5 Å². The van der Waals surface area contributed by atoms with Crippen LogP contribution in [0.3, 0.4) is 0 Å². The standard InChI is InChI=1S/C14H18BrFN2/c1-9(13-3-2-12(16)4-14(13)15)18-7-10-5-17-6-11(10)8-18/h2-4,9-11,17H,5-8H2,1H3/t9?,10-,11+. The highest BCUT2D eigenvalue weighted by molar-refractivity contribution is 9.10. The van der Waals surface area contributed by atoms with E-state index >= 15 is 0 Å². The lowest BCUT2D eigenvalue weighted by Gasteiger charge is -2.26. The van der Waals surface area contributed by atoms with Crippen LogP contribution >= 0.6 is 15.9 Å². The van der Waals surface area contributed by atoms with E-state index in [-0.39, 0.29) is 5.82 Å². The van der Waals surface area contributed by atoms with Crippen LogP contribution in [0, 0.1) is 17.7 Å². The molecule has 18 heavy (non-hydrogen) atoms. The molecule has 3 atom stereocenters. The molecule has 2 aliphatic heterocycles. The molecule has 0 bridgehead atoms. The van der Waals surface area contributed by atoms with E-state index in [0.29, 0.717) is 6.04 Å². The highest BCUT2D eigenvalue weighted by atomic mass is 79.9. The molecule has 1 unspecified atom stereocenters. The van der Waals surface area contributed by atoms with Gasteiger partial charge in [0.2, 0.25) is 0 Å². The first-order valence-corrected chi connectivity index (χ1v) is 7.34. The zero-order valence-electron chi connectivity index (χ0n) is 10.5. The largest absolute Gasteiger partial charge is 0.316 e. The van der Waals surface area contributed by atoms with E-state index in [1.807, 2.05) is 6.07 Å². The maximum Gasteiger partial charge on any atom is 0.124 e. The second-order valence-electron chi connectivity index (χ2n) is 5.47. The maximum atomic E-state index is 13.1. The Morgan fingerprint density at radius 3 is 2.61 bits per heavy atom. The molecule has 1 aromatic rings. The summed E-state index contributed by atoms with van der Waals surface area (Å²) < 4.78 is 14.0. The summed E-state index contributed by atoms with van der Waals surface area (Å²) in [6.07, 6.45) is 0. The van der Waals surface area contributed by atoms with E-state index in [0.717, 1.165) is 42.5 Å². The summed E-state index contributed by atoms with van der Waals surface area (Å²) in [5, 5.41) is 3.46. The van der Waals surface area contributed by atoms with E-state index in [9.17, 15) is 4.39 Å². The van der Waals surface area contributed by atoms with Gasteiger partial charge in [0.1, 0.15) is 5.82 Å². The zero-order chi connectivity index (χ0) is 12.7. The number of hydrogen-bond donors (Lipinski definition) is 1. The Balaban J connectivity index is 1.76. The Labute approximate surface area is 116 Å². The molecule has 0 spiro atoms. The predicted molar refractivity (Wildman–Crippen MR) is 73.9 cm³/mol. The van der Waals surface area contributed by atoms with Gasteiger partial charge in [0, 0.05) is 23.6 Å². The van der Waals surface area contributed by atoms with Crippen molar-refractivity contribution in [1.82, 2.24) is 10.2 Å². The van der Waals surface area contributed by atoms with Gasteiger partial charge in [0.25, 0.3) is 0 Å². The minimum atomic E-state index is -0.180. The van der Waals surface area contributed by atoms with Crippen molar-refractivity contribution in [3.05, 3.63) is 34.1 Å². The van der Waals surface area contributed by atoms with Crippen LogP contribution in [0.15, 0.2) is 22.7 Å². The second-order valence-corrected chi connectivity index (χ2v) is 6.33. The number of likely N-dealkylation sites (tertiary alicyclic amines) is 1. The number of hydrogen-bond acceptors (Lipinski definition) is 2. The third-order valence-corrected chi connectivity index (χ3v) is 5.06. The van der Waals surface area contributed by atoms with E-state index < -0.39 is 0 Å². The fourth-order valence-electron chi connectivity index (χ4n) is 3.24. The van der Waals surface area contributed by atoms with E-state index in [1.54, 1.807) is 12.1 Å². The lowest BCUT2D eigenvalue weighted by molar-refractivity contribution is 0.243. The van der Waals surface area contributed by atoms with Gasteiger partial charge in [-0.3, -0.25) is 4.90 Å². The van der Waals surface area contributed by atoms with Gasteiger partial charge in [-0.2, -0.15) is 0 Å². The Morgan fingerprint density at radius 1 is 1.33 bits per heavy atom. The van der Waals surface area contributed by atoms with Crippen LogP contribution in [0.25, 0.3) is 0 Å². The highest BCUT2D eigenvalue weighted by Crippen LogP contribution is 2.35. The highest BCUT2D eigenvalue weighted by Gasteiger charge is 2.38. The lowest BCUT2D eigenvalue weighted by atomic mass is 10.0. The lowest BCUT2D eigenvalue weighted by Crippen LogP contribution is -2.28. The number of halogens is 2. The number of nitrogens with one attached hydrogen (secondary N) is 1. The minimum absolute atomic E-state index is 0.180. The maximum absolute atomic E-state index is 13.1. The molecule has 0 aromatic heterocycles. The Bertz CT molecular complexity index is 439. The van der Waals surface area contributed by atoms with Gasteiger partial charge in [-0.25, -0.2) is 4.39 Å². The van der Waals surface area contributed by atoms with Crippen molar-refractivity contribution in [2.24, 2.45) is 11.8 Å². The number of rotatable bonds is 2. The fourth-order valence-corrected chi connectivity index (χ4v) is 3.93. The summed E-state index contributed by atoms with van der Waals surface area (Å²) >= 11 is 3.48. The van der Waals surface area contributed by atoms with Crippen molar-refractivity contribution in [2.45, 2.75) is 13.0 Å². The number of benzene rings is 1. The van der Waals surface area contributed by atoms with Crippen molar-refractivity contribution < 1.29 is 4.39 Å². The van der Waals surface area contributed by atoms with Gasteiger partial charge < -0.3 is 5.32 Å². The Morgan fingerprint density at radius 2 is 2.00 bits per heavy atom. The smallest absolute Gasteiger partial charge is 0.124 e. The van der Waals surface area contributed by atoms with Gasteiger partial charge in [-0.15, -0.1) is 0 Å². The van der Waals surface area contributed by atoms with Crippen LogP contribution in [0.4, 0.5) is 4.39 Å². The van der Waals surface area contributed by atoms with Crippen molar-refractivity contribution in [3.63, 3.8) is 0 Å². The fraction of sp³-hybridized carbons (Fsp3) is 0.571. The first-order chi connectivity index (χ1) is 8.65. The number of fused-ring (bicyclic) bond motifs is 1. The molecular formula is C14H18BrFN2. The van der Waals surface area contributed by atoms with Crippen LogP contribution in [0.2, 0.25) is 0 Å². The Kier molecular flexibility index (Phi) is 3.43. The summed E-state index contributed by atoms with van der Waals surface area (Å²) in [6, 6.07) is 5.36. The van der Waals surface area contributed by atoms with Gasteiger partial charge >= 0.3 is 0 Å². The normalized spacial score (nSPS) is 29.5. The summed E-state index contributed by atoms with van der Waals surface area (Å²) in [5.41, 5.74) is 1.18. The summed E-state index contributed by atoms with van der Waals surface area (Å²) in [4.78, 5) is 2.52. The van der Waals surface area contributed by atoms with Crippen molar-refractivity contribution in [2.75, 3.05) is 26.2 Å². The molecule has 1 aromatic carbocycles. The second kappa shape index (κ2) is 4.91. The molecule has 0 radical (unpaired) electrons. The third-order valence-electron chi connectivity index (χ3n) is 4.38. The van der Waals surface area contributed by atoms with E-state index in [4.69, 9.17) is 0 Å². The molecule has 2 aliphatic rings. The Hall–Kier alpha value is -0.450. The van der Waals surface area contributed by atoms with Gasteiger partial charge in [-0.1, -0.05) is 22.0 Å². The molecule has 2 saturated heterocycles. The summed E-state index contributed by atoms with van der Waals surface area (Å²) in [7, 11) is 0. The molecule has 2 heterocycles. The van der Waals surface area contributed by atoms with Gasteiger partial charge in [0.15, 0.2) is 0 Å². The summed E-state index contributed by atoms with van der Waals surface area (Å²) in [6.45, 7) is 6.83. The van der Waals surface area contributed by atoms with E-state index in [1.165, 1.54) is 5.56 Å². The molecular weight excluding hydrogens is 295 g/mol. The van der Waals surface area contributed by atoms with Crippen molar-refractivity contribution >= 4 is 15.9 Å². The quantitative estimate of drug-likeness (QED) is 0.903. The van der Waals surface area contributed by atoms with Crippen LogP contribution in [-0.2, 0) is 0 Å². The minimum Gasteiger partial charge on any atom is -0.316 e. The molecule has 3 rings (SSSR count). The van der Waals surface area contributed by atoms with Gasteiger partial charge in [0.05, 0.1) is 0 Å². The zero-order valence-corrected chi connectivity index (χ0v) is 12.1. The predicted octanol–water partition coefficient (Wildman–Crippen LogP) is 2.80. The monoisotopic (exact) mass is 312 g/mol. The molecule has 2 nitrogen and oxygen atoms in total. The molecule has 0 saturated carbocycles. The topological polar surface area (TPSA) is 15.3 Å². The third kappa shape index (κ3) is 2.22. The van der Waals surface area contributed by atoms with Crippen molar-refractivity contribution in [1.29, 1.82) is 0 Å². The van der Waals surface area contributed by atoms with Crippen molar-refractivity contribution in [3.8, 4) is 0 Å². The molecule has 1 N–H and O–H groups in total. The van der Waals surface area contributed by atoms with Gasteiger partial charge in [-0.05, 0) is 49.5 Å². The molecule has 98 valence electrons. The summed E-state index contributed by atoms with van der Waals surface area (Å²) in [5.74, 6) is 1.42. The SMILES string of the molecule is CC(c1ccc(F)cc1Br)N1C[C@H]2CNC[C@H]2C1. The van der Waals surface area contributed by atoms with E-state index in [2.05, 4.69) is 33.1 Å². The van der Waals surface area contributed by atoms with Crippen LogP contribution in [0.5, 0.6) is 0 Å². The first kappa shape index (κ1) is 12.6. The molecule has 0 aliphatic carbocycles. The first-order valence-electron chi connectivity index (χ1n) is 6.55. The van der Waals surface area contributed by atoms with Crippen LogP contribution < -0.4 is 5.32 Å². The average Bonchev–Trinajstić information content (AvgIpc) is 2.87. The molecule has 0 amide bonds. The molecule has 2 fully saturated rings. The molecule has 4 heteroatoms. The average molecular weight is 313 g/mol. The number of nitrogens with zero attached hydrogens (tertiary/aromatic N) is 1. The van der Waals surface area contributed by atoms with Crippen LogP contribution in [-0.4, -0.2) is 31.1 Å².